The zero-order chi connectivity index (χ0) is 15.6. The van der Waals surface area contributed by atoms with E-state index in [4.69, 9.17) is 5.73 Å². The number of rotatable bonds is 2. The molecule has 0 radical (unpaired) electrons. The zero-order valence-electron chi connectivity index (χ0n) is 12.7. The number of aryl methyl sites for hydroxylation is 1. The lowest BCUT2D eigenvalue weighted by molar-refractivity contribution is -0.133. The Labute approximate surface area is 135 Å². The van der Waals surface area contributed by atoms with Crippen LogP contribution in [0.5, 0.6) is 0 Å². The summed E-state index contributed by atoms with van der Waals surface area (Å²) >= 11 is 0. The third kappa shape index (κ3) is 3.96. The van der Waals surface area contributed by atoms with E-state index >= 15 is 0 Å². The number of halogens is 2. The zero-order valence-corrected chi connectivity index (χ0v) is 13.5. The van der Waals surface area contributed by atoms with Gasteiger partial charge in [0.1, 0.15) is 5.82 Å². The summed E-state index contributed by atoms with van der Waals surface area (Å²) in [5.41, 5.74) is 6.42. The van der Waals surface area contributed by atoms with E-state index in [1.54, 1.807) is 35.8 Å². The Morgan fingerprint density at radius 3 is 2.23 bits per heavy atom. The van der Waals surface area contributed by atoms with Crippen molar-refractivity contribution in [3.05, 3.63) is 35.1 Å². The second kappa shape index (κ2) is 7.56. The summed E-state index contributed by atoms with van der Waals surface area (Å²) in [4.78, 5) is 27.4. The highest BCUT2D eigenvalue weighted by molar-refractivity contribution is 5.94. The van der Waals surface area contributed by atoms with Crippen LogP contribution in [0, 0.1) is 12.7 Å². The van der Waals surface area contributed by atoms with Crippen LogP contribution in [0.3, 0.4) is 0 Å². The first-order valence-electron chi connectivity index (χ1n) is 7.00. The minimum Gasteiger partial charge on any atom is -0.338 e. The molecule has 0 spiro atoms. The highest BCUT2D eigenvalue weighted by Crippen LogP contribution is 2.13. The Balaban J connectivity index is 0.00000242. The summed E-state index contributed by atoms with van der Waals surface area (Å²) in [6.45, 7) is 5.09. The number of nitrogens with two attached hydrogens (primary N) is 1. The molecule has 5 nitrogen and oxygen atoms in total. The van der Waals surface area contributed by atoms with Crippen molar-refractivity contribution >= 4 is 24.2 Å². The molecule has 1 heterocycles. The molecule has 1 aromatic rings. The van der Waals surface area contributed by atoms with Gasteiger partial charge in [-0.2, -0.15) is 0 Å². The Bertz CT molecular complexity index is 558. The fourth-order valence-electron chi connectivity index (χ4n) is 2.33. The van der Waals surface area contributed by atoms with Gasteiger partial charge in [0.05, 0.1) is 6.04 Å². The molecule has 22 heavy (non-hydrogen) atoms. The molecule has 2 amide bonds. The molecule has 1 aliphatic heterocycles. The van der Waals surface area contributed by atoms with Crippen molar-refractivity contribution in [1.82, 2.24) is 9.80 Å². The average molecular weight is 330 g/mol. The van der Waals surface area contributed by atoms with Crippen LogP contribution in [0.25, 0.3) is 0 Å². The molecule has 0 aliphatic carbocycles. The smallest absolute Gasteiger partial charge is 0.254 e. The first-order valence-corrected chi connectivity index (χ1v) is 7.00. The van der Waals surface area contributed by atoms with Crippen LogP contribution in [0.2, 0.25) is 0 Å². The van der Waals surface area contributed by atoms with E-state index in [1.165, 1.54) is 6.07 Å². The first-order chi connectivity index (χ1) is 9.90. The topological polar surface area (TPSA) is 66.6 Å². The third-order valence-electron chi connectivity index (χ3n) is 3.69. The van der Waals surface area contributed by atoms with E-state index in [1.807, 2.05) is 0 Å². The molecule has 1 atom stereocenters. The quantitative estimate of drug-likeness (QED) is 0.886. The molecule has 1 saturated heterocycles. The maximum absolute atomic E-state index is 13.5. The van der Waals surface area contributed by atoms with Crippen molar-refractivity contribution in [1.29, 1.82) is 0 Å². The standard InChI is InChI=1S/C15H20FN3O2.ClH/c1-10-3-4-12(9-13(10)16)15(21)19-7-5-18(6-8-19)14(20)11(2)17;/h3-4,9,11H,5-8,17H2,1-2H3;1H/t11-;/m0./s1. The molecule has 0 unspecified atom stereocenters. The van der Waals surface area contributed by atoms with Crippen LogP contribution >= 0.6 is 12.4 Å². The molecule has 122 valence electrons. The number of piperazine rings is 1. The molecule has 1 aromatic carbocycles. The number of amides is 2. The Morgan fingerprint density at radius 2 is 1.73 bits per heavy atom. The molecule has 0 aromatic heterocycles. The lowest BCUT2D eigenvalue weighted by Gasteiger charge is -2.35. The molecule has 2 rings (SSSR count). The van der Waals surface area contributed by atoms with Gasteiger partial charge in [0.15, 0.2) is 0 Å². The lowest BCUT2D eigenvalue weighted by atomic mass is 10.1. The summed E-state index contributed by atoms with van der Waals surface area (Å²) in [7, 11) is 0. The predicted octanol–water partition coefficient (Wildman–Crippen LogP) is 1.19. The fraction of sp³-hybridized carbons (Fsp3) is 0.467. The minimum absolute atomic E-state index is 0. The Morgan fingerprint density at radius 1 is 1.18 bits per heavy atom. The largest absolute Gasteiger partial charge is 0.338 e. The summed E-state index contributed by atoms with van der Waals surface area (Å²) in [5, 5.41) is 0. The molecule has 0 saturated carbocycles. The summed E-state index contributed by atoms with van der Waals surface area (Å²) in [5.74, 6) is -0.697. The first kappa shape index (κ1) is 18.4. The monoisotopic (exact) mass is 329 g/mol. The van der Waals surface area contributed by atoms with Gasteiger partial charge in [-0.05, 0) is 31.5 Å². The van der Waals surface area contributed by atoms with Gasteiger partial charge in [-0.15, -0.1) is 12.4 Å². The van der Waals surface area contributed by atoms with Crippen molar-refractivity contribution < 1.29 is 14.0 Å². The Hall–Kier alpha value is -1.66. The normalized spacial score (nSPS) is 16.0. The number of benzene rings is 1. The Kier molecular flexibility index (Phi) is 6.32. The van der Waals surface area contributed by atoms with Crippen molar-refractivity contribution in [2.75, 3.05) is 26.2 Å². The van der Waals surface area contributed by atoms with Gasteiger partial charge >= 0.3 is 0 Å². The van der Waals surface area contributed by atoms with Crippen molar-refractivity contribution in [3.63, 3.8) is 0 Å². The van der Waals surface area contributed by atoms with E-state index in [0.29, 0.717) is 37.3 Å². The second-order valence-corrected chi connectivity index (χ2v) is 5.37. The number of carbonyl (C=O) groups excluding carboxylic acids is 2. The van der Waals surface area contributed by atoms with E-state index in [9.17, 15) is 14.0 Å². The predicted molar refractivity (Wildman–Crippen MR) is 84.5 cm³/mol. The van der Waals surface area contributed by atoms with Gasteiger partial charge in [0, 0.05) is 31.7 Å². The number of carbonyl (C=O) groups is 2. The summed E-state index contributed by atoms with van der Waals surface area (Å²) in [6, 6.07) is 3.95. The van der Waals surface area contributed by atoms with E-state index in [0.717, 1.165) is 0 Å². The van der Waals surface area contributed by atoms with Gasteiger partial charge in [0.25, 0.3) is 5.91 Å². The van der Waals surface area contributed by atoms with Crippen LogP contribution in [-0.2, 0) is 4.79 Å². The average Bonchev–Trinajstić information content (AvgIpc) is 2.48. The molecule has 1 fully saturated rings. The number of hydrogen-bond donors (Lipinski definition) is 1. The van der Waals surface area contributed by atoms with Crippen LogP contribution in [0.15, 0.2) is 18.2 Å². The minimum atomic E-state index is -0.529. The van der Waals surface area contributed by atoms with E-state index in [2.05, 4.69) is 0 Å². The number of hydrogen-bond acceptors (Lipinski definition) is 3. The van der Waals surface area contributed by atoms with Gasteiger partial charge in [0.2, 0.25) is 5.91 Å². The fourth-order valence-corrected chi connectivity index (χ4v) is 2.33. The van der Waals surface area contributed by atoms with E-state index < -0.39 is 6.04 Å². The lowest BCUT2D eigenvalue weighted by Crippen LogP contribution is -2.53. The maximum Gasteiger partial charge on any atom is 0.254 e. The third-order valence-corrected chi connectivity index (χ3v) is 3.69. The van der Waals surface area contributed by atoms with Crippen LogP contribution < -0.4 is 5.73 Å². The molecule has 2 N–H and O–H groups in total. The van der Waals surface area contributed by atoms with Crippen molar-refractivity contribution in [3.8, 4) is 0 Å². The molecule has 1 aliphatic rings. The highest BCUT2D eigenvalue weighted by atomic mass is 35.5. The second-order valence-electron chi connectivity index (χ2n) is 5.37. The van der Waals surface area contributed by atoms with Crippen molar-refractivity contribution in [2.24, 2.45) is 5.73 Å². The van der Waals surface area contributed by atoms with Crippen LogP contribution in [0.1, 0.15) is 22.8 Å². The molecular formula is C15H21ClFN3O2. The van der Waals surface area contributed by atoms with Gasteiger partial charge in [-0.1, -0.05) is 6.07 Å². The van der Waals surface area contributed by atoms with Crippen LogP contribution in [0.4, 0.5) is 4.39 Å². The highest BCUT2D eigenvalue weighted by Gasteiger charge is 2.26. The van der Waals surface area contributed by atoms with Gasteiger partial charge < -0.3 is 15.5 Å². The molecular weight excluding hydrogens is 309 g/mol. The summed E-state index contributed by atoms with van der Waals surface area (Å²) < 4.78 is 13.5. The maximum atomic E-state index is 13.5. The van der Waals surface area contributed by atoms with Gasteiger partial charge in [-0.25, -0.2) is 4.39 Å². The SMILES string of the molecule is Cc1ccc(C(=O)N2CCN(C(=O)[C@H](C)N)CC2)cc1F.Cl. The van der Waals surface area contributed by atoms with Gasteiger partial charge in [-0.3, -0.25) is 9.59 Å². The summed E-state index contributed by atoms with van der Waals surface area (Å²) in [6.07, 6.45) is 0. The number of nitrogens with zero attached hydrogens (tertiary/aromatic N) is 2. The van der Waals surface area contributed by atoms with Crippen LogP contribution in [-0.4, -0.2) is 53.8 Å². The van der Waals surface area contributed by atoms with Crippen molar-refractivity contribution in [2.45, 2.75) is 19.9 Å². The van der Waals surface area contributed by atoms with E-state index in [-0.39, 0.29) is 30.0 Å². The molecule has 0 bridgehead atoms. The molecule has 7 heteroatoms.